The van der Waals surface area contributed by atoms with Crippen molar-refractivity contribution >= 4 is 5.91 Å². The number of benzene rings is 2. The van der Waals surface area contributed by atoms with Crippen LogP contribution in [-0.4, -0.2) is 58.9 Å². The molecule has 1 heterocycles. The van der Waals surface area contributed by atoms with Crippen molar-refractivity contribution in [1.29, 1.82) is 0 Å². The molecule has 0 spiro atoms. The Bertz CT molecular complexity index is 1040. The predicted molar refractivity (Wildman–Crippen MR) is 149 cm³/mol. The van der Waals surface area contributed by atoms with E-state index in [0.717, 1.165) is 61.7 Å². The maximum Gasteiger partial charge on any atom is 0.220 e. The normalized spacial score (nSPS) is 29.6. The summed E-state index contributed by atoms with van der Waals surface area (Å²) in [5.74, 6) is 0.920. The van der Waals surface area contributed by atoms with Crippen LogP contribution in [0.2, 0.25) is 0 Å². The smallest absolute Gasteiger partial charge is 0.220 e. The van der Waals surface area contributed by atoms with Gasteiger partial charge in [0, 0.05) is 30.2 Å². The fourth-order valence-corrected chi connectivity index (χ4v) is 7.33. The summed E-state index contributed by atoms with van der Waals surface area (Å²) < 4.78 is 0.870. The lowest BCUT2D eigenvalue weighted by Crippen LogP contribution is -2.71. The maximum absolute atomic E-state index is 12.9. The minimum absolute atomic E-state index is 0.0430. The van der Waals surface area contributed by atoms with Crippen molar-refractivity contribution in [2.24, 2.45) is 5.92 Å². The number of carbonyl (C=O) groups excluding carboxylic acids is 1. The van der Waals surface area contributed by atoms with Crippen molar-refractivity contribution in [1.82, 2.24) is 5.32 Å². The van der Waals surface area contributed by atoms with Gasteiger partial charge in [-0.15, -0.1) is 0 Å². The zero-order valence-corrected chi connectivity index (χ0v) is 23.1. The van der Waals surface area contributed by atoms with E-state index in [-0.39, 0.29) is 17.7 Å². The molecule has 0 aromatic heterocycles. The number of hydrogen-bond donors (Lipinski definition) is 3. The molecule has 1 saturated heterocycles. The van der Waals surface area contributed by atoms with Gasteiger partial charge in [-0.1, -0.05) is 62.7 Å². The van der Waals surface area contributed by atoms with Crippen LogP contribution in [0.1, 0.15) is 76.3 Å². The van der Waals surface area contributed by atoms with Gasteiger partial charge >= 0.3 is 0 Å². The molecule has 1 saturated carbocycles. The van der Waals surface area contributed by atoms with E-state index in [4.69, 9.17) is 0 Å². The lowest BCUT2D eigenvalue weighted by molar-refractivity contribution is -0.926. The Labute approximate surface area is 223 Å². The van der Waals surface area contributed by atoms with Crippen molar-refractivity contribution in [3.8, 4) is 5.75 Å². The zero-order valence-electron chi connectivity index (χ0n) is 23.1. The first kappa shape index (κ1) is 27.7. The molecule has 4 rings (SSSR count). The summed E-state index contributed by atoms with van der Waals surface area (Å²) in [6.07, 6.45) is 7.68. The van der Waals surface area contributed by atoms with E-state index >= 15 is 0 Å². The number of aliphatic hydroxyl groups is 1. The van der Waals surface area contributed by atoms with Gasteiger partial charge < -0.3 is 20.0 Å². The number of phenolic OH excluding ortho intramolecular Hbond substituents is 1. The van der Waals surface area contributed by atoms with Crippen LogP contribution in [0.25, 0.3) is 0 Å². The number of amides is 1. The highest BCUT2D eigenvalue weighted by Gasteiger charge is 2.61. The Balaban J connectivity index is 1.39. The number of fused-ring (bicyclic) bond motifs is 1. The third-order valence-corrected chi connectivity index (χ3v) is 8.90. The van der Waals surface area contributed by atoms with Crippen molar-refractivity contribution in [2.75, 3.05) is 26.7 Å². The summed E-state index contributed by atoms with van der Waals surface area (Å²) in [5.41, 5.74) is 1.04. The molecule has 3 N–H and O–H groups in total. The number of aromatic hydroxyl groups is 1. The highest BCUT2D eigenvalue weighted by Crippen LogP contribution is 2.53. The molecule has 1 unspecified atom stereocenters. The van der Waals surface area contributed by atoms with Crippen molar-refractivity contribution in [3.63, 3.8) is 0 Å². The number of phenols is 1. The van der Waals surface area contributed by atoms with Crippen molar-refractivity contribution in [3.05, 3.63) is 65.7 Å². The molecule has 5 nitrogen and oxygen atoms in total. The minimum atomic E-state index is -0.860. The van der Waals surface area contributed by atoms with Crippen LogP contribution in [0.15, 0.2) is 54.6 Å². The largest absolute Gasteiger partial charge is 0.508 e. The molecule has 2 fully saturated rings. The number of unbranched alkanes of at least 4 members (excludes halogenated alkanes) is 2. The predicted octanol–water partition coefficient (Wildman–Crippen LogP) is 5.34. The molecule has 2 aromatic carbocycles. The van der Waals surface area contributed by atoms with Crippen LogP contribution in [0.4, 0.5) is 0 Å². The molecule has 5 heteroatoms. The number of carbonyl (C=O) groups is 1. The van der Waals surface area contributed by atoms with Gasteiger partial charge in [0.05, 0.1) is 20.1 Å². The summed E-state index contributed by atoms with van der Waals surface area (Å²) in [4.78, 5) is 12.9. The standard InChI is InChI=1S/C32H46N2O3/c1-25(2)23-34(3)20-19-31(27-14-10-15-29(35)21-27)22-28(17-18-32(31,37)24-34)33-30(36)16-9-5-8-13-26-11-6-4-7-12-26/h4,6-7,10-12,14-15,21,25,28,37H,5,8-9,13,16-20,22-24H2,1-3H3,(H-,33,35,36)/p+1/t28-,31+,32?,34-/m0/s1. The van der Waals surface area contributed by atoms with E-state index in [1.807, 2.05) is 18.2 Å². The van der Waals surface area contributed by atoms with Crippen LogP contribution in [0.5, 0.6) is 5.75 Å². The number of hydrogen-bond acceptors (Lipinski definition) is 3. The highest BCUT2D eigenvalue weighted by atomic mass is 16.3. The van der Waals surface area contributed by atoms with Crippen LogP contribution < -0.4 is 5.32 Å². The Morgan fingerprint density at radius 2 is 1.86 bits per heavy atom. The third-order valence-electron chi connectivity index (χ3n) is 8.90. The number of rotatable bonds is 10. The average molecular weight is 508 g/mol. The zero-order chi connectivity index (χ0) is 26.5. The summed E-state index contributed by atoms with van der Waals surface area (Å²) in [7, 11) is 2.27. The Hall–Kier alpha value is -2.37. The van der Waals surface area contributed by atoms with E-state index in [1.54, 1.807) is 6.07 Å². The molecule has 1 amide bonds. The van der Waals surface area contributed by atoms with E-state index in [9.17, 15) is 15.0 Å². The summed E-state index contributed by atoms with van der Waals surface area (Å²) in [5, 5.41) is 25.9. The second kappa shape index (κ2) is 11.6. The average Bonchev–Trinajstić information content (AvgIpc) is 2.84. The quantitative estimate of drug-likeness (QED) is 0.300. The second-order valence-electron chi connectivity index (χ2n) is 12.5. The second-order valence-corrected chi connectivity index (χ2v) is 12.5. The fraction of sp³-hybridized carbons (Fsp3) is 0.594. The first-order valence-electron chi connectivity index (χ1n) is 14.3. The number of likely N-dealkylation sites (N-methyl/N-ethyl adjacent to an activating group) is 1. The molecular weight excluding hydrogens is 460 g/mol. The summed E-state index contributed by atoms with van der Waals surface area (Å²) in [6.45, 7) is 7.24. The van der Waals surface area contributed by atoms with Crippen molar-refractivity contribution < 1.29 is 19.5 Å². The first-order valence-corrected chi connectivity index (χ1v) is 14.3. The minimum Gasteiger partial charge on any atom is -0.508 e. The number of quaternary nitrogens is 1. The fourth-order valence-electron chi connectivity index (χ4n) is 7.33. The molecule has 2 aliphatic rings. The summed E-state index contributed by atoms with van der Waals surface area (Å²) in [6, 6.07) is 18.0. The third kappa shape index (κ3) is 6.56. The van der Waals surface area contributed by atoms with Gasteiger partial charge in [-0.3, -0.25) is 4.79 Å². The van der Waals surface area contributed by atoms with E-state index in [2.05, 4.69) is 56.5 Å². The van der Waals surface area contributed by atoms with Crippen LogP contribution in [0, 0.1) is 5.92 Å². The summed E-state index contributed by atoms with van der Waals surface area (Å²) >= 11 is 0. The molecule has 0 radical (unpaired) electrons. The van der Waals surface area contributed by atoms with Gasteiger partial charge in [0.1, 0.15) is 17.9 Å². The van der Waals surface area contributed by atoms with Gasteiger partial charge in [-0.05, 0) is 61.8 Å². The molecule has 202 valence electrons. The molecule has 2 aromatic rings. The molecule has 37 heavy (non-hydrogen) atoms. The van der Waals surface area contributed by atoms with Crippen LogP contribution in [-0.2, 0) is 16.6 Å². The van der Waals surface area contributed by atoms with E-state index in [0.29, 0.717) is 31.7 Å². The Kier molecular flexibility index (Phi) is 8.65. The van der Waals surface area contributed by atoms with Gasteiger partial charge in [0.15, 0.2) is 0 Å². The van der Waals surface area contributed by atoms with Gasteiger partial charge in [0.2, 0.25) is 5.91 Å². The van der Waals surface area contributed by atoms with Gasteiger partial charge in [-0.2, -0.15) is 0 Å². The topological polar surface area (TPSA) is 69.6 Å². The number of piperidine rings is 1. The molecule has 1 aliphatic carbocycles. The van der Waals surface area contributed by atoms with E-state index < -0.39 is 11.0 Å². The highest BCUT2D eigenvalue weighted by molar-refractivity contribution is 5.76. The van der Waals surface area contributed by atoms with Crippen LogP contribution in [0.3, 0.4) is 0 Å². The number of nitrogens with zero attached hydrogens (tertiary/aromatic N) is 1. The first-order chi connectivity index (χ1) is 17.6. The van der Waals surface area contributed by atoms with E-state index in [1.165, 1.54) is 5.56 Å². The SMILES string of the molecule is CC(C)C[N@+]1(C)CC[C@]2(c3cccc(O)c3)C[C@@H](NC(=O)CCCCCc3ccccc3)CCC2(O)C1. The monoisotopic (exact) mass is 507 g/mol. The Morgan fingerprint density at radius 3 is 2.59 bits per heavy atom. The Morgan fingerprint density at radius 1 is 1.08 bits per heavy atom. The van der Waals surface area contributed by atoms with Crippen molar-refractivity contribution in [2.45, 2.75) is 88.7 Å². The number of likely N-dealkylation sites (tertiary alicyclic amines) is 1. The lowest BCUT2D eigenvalue weighted by atomic mass is 9.55. The molecular formula is C32H47N2O3+. The lowest BCUT2D eigenvalue weighted by Gasteiger charge is -2.60. The maximum atomic E-state index is 12.9. The molecule has 4 atom stereocenters. The number of aryl methyl sites for hydroxylation is 1. The van der Waals surface area contributed by atoms with Gasteiger partial charge in [0.25, 0.3) is 0 Å². The molecule has 0 bridgehead atoms. The number of nitrogens with one attached hydrogen (secondary N) is 1. The van der Waals surface area contributed by atoms with Crippen LogP contribution >= 0.6 is 0 Å². The van der Waals surface area contributed by atoms with Gasteiger partial charge in [-0.25, -0.2) is 0 Å². The molecule has 1 aliphatic heterocycles.